The Morgan fingerprint density at radius 1 is 1.18 bits per heavy atom. The molecule has 0 bridgehead atoms. The zero-order chi connectivity index (χ0) is 12.3. The number of rotatable bonds is 5. The maximum Gasteiger partial charge on any atom is 0.390 e. The molecule has 4 heteroatoms. The van der Waals surface area contributed by atoms with Crippen molar-refractivity contribution < 1.29 is 13.2 Å². The number of alkyl halides is 3. The van der Waals surface area contributed by atoms with Crippen LogP contribution >= 0.6 is 0 Å². The summed E-state index contributed by atoms with van der Waals surface area (Å²) < 4.78 is 37.5. The zero-order valence-corrected chi connectivity index (χ0v) is 9.50. The van der Waals surface area contributed by atoms with Crippen LogP contribution in [-0.4, -0.2) is 12.7 Å². The van der Waals surface area contributed by atoms with Gasteiger partial charge in [0.25, 0.3) is 0 Å². The van der Waals surface area contributed by atoms with Crippen molar-refractivity contribution in [2.45, 2.75) is 31.5 Å². The molecule has 1 nitrogen and oxygen atoms in total. The number of benzene rings is 1. The van der Waals surface area contributed by atoms with Crippen LogP contribution in [0.2, 0.25) is 0 Å². The van der Waals surface area contributed by atoms with E-state index in [4.69, 9.17) is 0 Å². The van der Waals surface area contributed by atoms with Gasteiger partial charge in [0.1, 0.15) is 0 Å². The minimum absolute atomic E-state index is 0.578. The lowest BCUT2D eigenvalue weighted by atomic mass is 10.0. The maximum atomic E-state index is 12.5. The van der Waals surface area contributed by atoms with Gasteiger partial charge in [-0.3, -0.25) is 0 Å². The third-order valence-electron chi connectivity index (χ3n) is 2.99. The fourth-order valence-corrected chi connectivity index (χ4v) is 1.86. The molecule has 1 aliphatic rings. The third kappa shape index (κ3) is 4.38. The number of nitrogens with one attached hydrogen (secondary N) is 1. The highest BCUT2D eigenvalue weighted by molar-refractivity contribution is 5.19. The lowest BCUT2D eigenvalue weighted by Crippen LogP contribution is -2.28. The first-order valence-electron chi connectivity index (χ1n) is 5.90. The highest BCUT2D eigenvalue weighted by Gasteiger charge is 2.33. The molecular weight excluding hydrogens is 227 g/mol. The highest BCUT2D eigenvalue weighted by Crippen LogP contribution is 2.32. The molecule has 1 fully saturated rings. The number of halogens is 3. The predicted octanol–water partition coefficient (Wildman–Crippen LogP) is 3.68. The van der Waals surface area contributed by atoms with E-state index in [-0.39, 0.29) is 0 Å². The molecule has 1 atom stereocenters. The average molecular weight is 243 g/mol. The van der Waals surface area contributed by atoms with Gasteiger partial charge < -0.3 is 5.32 Å². The Kier molecular flexibility index (Phi) is 3.72. The Morgan fingerprint density at radius 3 is 2.35 bits per heavy atom. The van der Waals surface area contributed by atoms with Crippen LogP contribution in [0.15, 0.2) is 30.3 Å². The van der Waals surface area contributed by atoms with E-state index in [1.165, 1.54) is 0 Å². The standard InChI is InChI=1S/C13H16F3N/c14-13(15,16)8-12(17-9-10-6-7-10)11-4-2-1-3-5-11/h1-5,10,12,17H,6-9H2. The van der Waals surface area contributed by atoms with Gasteiger partial charge in [0.05, 0.1) is 6.42 Å². The molecule has 0 aromatic heterocycles. The van der Waals surface area contributed by atoms with Crippen molar-refractivity contribution in [3.05, 3.63) is 35.9 Å². The molecule has 1 aliphatic carbocycles. The van der Waals surface area contributed by atoms with Gasteiger partial charge in [-0.1, -0.05) is 30.3 Å². The molecular formula is C13H16F3N. The van der Waals surface area contributed by atoms with E-state index in [0.717, 1.165) is 12.8 Å². The lowest BCUT2D eigenvalue weighted by molar-refractivity contribution is -0.140. The van der Waals surface area contributed by atoms with Crippen LogP contribution in [0.1, 0.15) is 30.9 Å². The molecule has 17 heavy (non-hydrogen) atoms. The molecule has 0 aliphatic heterocycles. The van der Waals surface area contributed by atoms with Crippen molar-refractivity contribution >= 4 is 0 Å². The second kappa shape index (κ2) is 5.08. The molecule has 0 heterocycles. The van der Waals surface area contributed by atoms with Crippen molar-refractivity contribution in [2.75, 3.05) is 6.54 Å². The van der Waals surface area contributed by atoms with Crippen molar-refractivity contribution in [1.82, 2.24) is 5.32 Å². The molecule has 0 spiro atoms. The minimum Gasteiger partial charge on any atom is -0.309 e. The molecule has 0 saturated heterocycles. The van der Waals surface area contributed by atoms with E-state index in [2.05, 4.69) is 5.32 Å². The number of hydrogen-bond acceptors (Lipinski definition) is 1. The molecule has 1 aromatic rings. The smallest absolute Gasteiger partial charge is 0.309 e. The molecule has 0 radical (unpaired) electrons. The molecule has 1 aromatic carbocycles. The monoisotopic (exact) mass is 243 g/mol. The molecule has 0 amide bonds. The maximum absolute atomic E-state index is 12.5. The topological polar surface area (TPSA) is 12.0 Å². The van der Waals surface area contributed by atoms with Crippen LogP contribution in [0.4, 0.5) is 13.2 Å². The van der Waals surface area contributed by atoms with E-state index in [1.54, 1.807) is 24.3 Å². The van der Waals surface area contributed by atoms with Gasteiger partial charge in [-0.15, -0.1) is 0 Å². The Balaban J connectivity index is 2.00. The van der Waals surface area contributed by atoms with Crippen LogP contribution < -0.4 is 5.32 Å². The van der Waals surface area contributed by atoms with Crippen molar-refractivity contribution in [3.8, 4) is 0 Å². The first kappa shape index (κ1) is 12.4. The molecule has 1 saturated carbocycles. The summed E-state index contributed by atoms with van der Waals surface area (Å²) in [5.41, 5.74) is 0.713. The quantitative estimate of drug-likeness (QED) is 0.831. The largest absolute Gasteiger partial charge is 0.390 e. The summed E-state index contributed by atoms with van der Waals surface area (Å²) in [6, 6.07) is 8.24. The zero-order valence-electron chi connectivity index (χ0n) is 9.50. The fraction of sp³-hybridized carbons (Fsp3) is 0.538. The van der Waals surface area contributed by atoms with Gasteiger partial charge in [-0.2, -0.15) is 13.2 Å². The summed E-state index contributed by atoms with van der Waals surface area (Å²) >= 11 is 0. The van der Waals surface area contributed by atoms with Gasteiger partial charge in [0.2, 0.25) is 0 Å². The summed E-state index contributed by atoms with van der Waals surface area (Å²) in [5.74, 6) is 0.578. The summed E-state index contributed by atoms with van der Waals surface area (Å²) in [6.45, 7) is 0.690. The Hall–Kier alpha value is -1.03. The van der Waals surface area contributed by atoms with Crippen LogP contribution in [0.3, 0.4) is 0 Å². The summed E-state index contributed by atoms with van der Waals surface area (Å²) in [4.78, 5) is 0. The minimum atomic E-state index is -4.13. The summed E-state index contributed by atoms with van der Waals surface area (Å²) in [7, 11) is 0. The highest BCUT2D eigenvalue weighted by atomic mass is 19.4. The summed E-state index contributed by atoms with van der Waals surface area (Å²) in [5, 5.41) is 3.03. The summed E-state index contributed by atoms with van der Waals surface area (Å²) in [6.07, 6.45) is -2.65. The second-order valence-electron chi connectivity index (χ2n) is 4.63. The lowest BCUT2D eigenvalue weighted by Gasteiger charge is -2.20. The molecule has 1 unspecified atom stereocenters. The Labute approximate surface area is 99.0 Å². The van der Waals surface area contributed by atoms with Gasteiger partial charge in [0, 0.05) is 6.04 Å². The van der Waals surface area contributed by atoms with Crippen LogP contribution in [0.25, 0.3) is 0 Å². The van der Waals surface area contributed by atoms with Crippen LogP contribution in [-0.2, 0) is 0 Å². The van der Waals surface area contributed by atoms with Crippen LogP contribution in [0.5, 0.6) is 0 Å². The SMILES string of the molecule is FC(F)(F)CC(NCC1CC1)c1ccccc1. The van der Waals surface area contributed by atoms with Gasteiger partial charge in [-0.05, 0) is 30.9 Å². The van der Waals surface area contributed by atoms with Gasteiger partial charge in [-0.25, -0.2) is 0 Å². The number of hydrogen-bond donors (Lipinski definition) is 1. The first-order chi connectivity index (χ1) is 8.04. The Bertz CT molecular complexity index is 343. The molecule has 94 valence electrons. The van der Waals surface area contributed by atoms with Crippen molar-refractivity contribution in [2.24, 2.45) is 5.92 Å². The fourth-order valence-electron chi connectivity index (χ4n) is 1.86. The van der Waals surface area contributed by atoms with Gasteiger partial charge in [0.15, 0.2) is 0 Å². The van der Waals surface area contributed by atoms with Crippen LogP contribution in [0, 0.1) is 5.92 Å². The van der Waals surface area contributed by atoms with Crippen molar-refractivity contribution in [1.29, 1.82) is 0 Å². The van der Waals surface area contributed by atoms with Crippen molar-refractivity contribution in [3.63, 3.8) is 0 Å². The van der Waals surface area contributed by atoms with E-state index in [1.807, 2.05) is 6.07 Å². The molecule has 2 rings (SSSR count). The second-order valence-corrected chi connectivity index (χ2v) is 4.63. The Morgan fingerprint density at radius 2 is 1.82 bits per heavy atom. The van der Waals surface area contributed by atoms with Gasteiger partial charge >= 0.3 is 6.18 Å². The third-order valence-corrected chi connectivity index (χ3v) is 2.99. The van der Waals surface area contributed by atoms with E-state index >= 15 is 0 Å². The van der Waals surface area contributed by atoms with E-state index in [9.17, 15) is 13.2 Å². The average Bonchev–Trinajstić information content (AvgIpc) is 3.08. The normalized spacial score (nSPS) is 18.1. The van der Waals surface area contributed by atoms with E-state index in [0.29, 0.717) is 18.0 Å². The van der Waals surface area contributed by atoms with E-state index < -0.39 is 18.6 Å². The first-order valence-corrected chi connectivity index (χ1v) is 5.90. The predicted molar refractivity (Wildman–Crippen MR) is 60.6 cm³/mol. The molecule has 1 N–H and O–H groups in total.